The summed E-state index contributed by atoms with van der Waals surface area (Å²) in [5, 5.41) is 0. The molecule has 21 heavy (non-hydrogen) atoms. The molecule has 0 aliphatic heterocycles. The minimum absolute atomic E-state index is 0.0983. The average molecular weight is 354 g/mol. The summed E-state index contributed by atoms with van der Waals surface area (Å²) in [5.41, 5.74) is 7.49. The number of hydrogen-bond donors (Lipinski definition) is 1. The van der Waals surface area contributed by atoms with Gasteiger partial charge in [0.05, 0.1) is 13.7 Å². The number of nitrogens with two attached hydrogens (primary N) is 1. The van der Waals surface area contributed by atoms with Gasteiger partial charge in [-0.2, -0.15) is 0 Å². The summed E-state index contributed by atoms with van der Waals surface area (Å²) in [4.78, 5) is 0. The molecule has 116 valence electrons. The monoisotopic (exact) mass is 353 g/mol. The molecule has 3 rings (SSSR count). The lowest BCUT2D eigenvalue weighted by molar-refractivity contribution is 0.279. The van der Waals surface area contributed by atoms with Crippen LogP contribution in [-0.4, -0.2) is 20.3 Å². The Balaban J connectivity index is 1.90. The minimum atomic E-state index is 0.0983. The number of methoxy groups -OCH3 is 1. The van der Waals surface area contributed by atoms with Gasteiger partial charge < -0.3 is 15.2 Å². The van der Waals surface area contributed by atoms with Crippen LogP contribution in [0.5, 0.6) is 11.5 Å². The topological polar surface area (TPSA) is 44.5 Å². The Hall–Kier alpha value is -0.740. The first-order valence-electron chi connectivity index (χ1n) is 7.89. The maximum atomic E-state index is 6.11. The van der Waals surface area contributed by atoms with Crippen molar-refractivity contribution in [2.45, 2.75) is 43.9 Å². The number of halogens is 1. The smallest absolute Gasteiger partial charge is 0.162 e. The Kier molecular flexibility index (Phi) is 4.46. The predicted molar refractivity (Wildman–Crippen MR) is 88.1 cm³/mol. The molecule has 0 spiro atoms. The largest absolute Gasteiger partial charge is 0.493 e. The summed E-state index contributed by atoms with van der Waals surface area (Å²) in [7, 11) is 1.71. The number of benzene rings is 1. The van der Waals surface area contributed by atoms with Gasteiger partial charge in [0.2, 0.25) is 0 Å². The van der Waals surface area contributed by atoms with E-state index in [0.29, 0.717) is 6.54 Å². The van der Waals surface area contributed by atoms with Gasteiger partial charge >= 0.3 is 0 Å². The second kappa shape index (κ2) is 6.17. The molecule has 0 aromatic heterocycles. The fourth-order valence-electron chi connectivity index (χ4n) is 3.34. The van der Waals surface area contributed by atoms with Crippen LogP contribution in [0.15, 0.2) is 16.6 Å². The molecule has 2 aliphatic carbocycles. The lowest BCUT2D eigenvalue weighted by atomic mass is 9.79. The third-order valence-electron chi connectivity index (χ3n) is 4.95. The normalized spacial score (nSPS) is 20.5. The van der Waals surface area contributed by atoms with Gasteiger partial charge in [-0.25, -0.2) is 0 Å². The summed E-state index contributed by atoms with van der Waals surface area (Å²) in [5.74, 6) is 2.40. The van der Waals surface area contributed by atoms with Crippen molar-refractivity contribution >= 4 is 15.9 Å². The molecule has 2 saturated carbocycles. The molecule has 2 fully saturated rings. The second-order valence-electron chi connectivity index (χ2n) is 6.43. The number of rotatable bonds is 6. The molecule has 0 bridgehead atoms. The zero-order valence-corrected chi connectivity index (χ0v) is 14.2. The van der Waals surface area contributed by atoms with Crippen LogP contribution < -0.4 is 15.2 Å². The molecule has 0 radical (unpaired) electrons. The Morgan fingerprint density at radius 1 is 1.24 bits per heavy atom. The third kappa shape index (κ3) is 3.07. The van der Waals surface area contributed by atoms with Crippen LogP contribution in [0.3, 0.4) is 0 Å². The van der Waals surface area contributed by atoms with Crippen molar-refractivity contribution in [1.29, 1.82) is 0 Å². The molecule has 2 N–H and O–H groups in total. The van der Waals surface area contributed by atoms with E-state index in [1.807, 2.05) is 0 Å². The van der Waals surface area contributed by atoms with Crippen LogP contribution in [0.4, 0.5) is 0 Å². The molecular weight excluding hydrogens is 330 g/mol. The SMILES string of the molecule is COc1cc(C2(CN)CCCC2)c(Br)cc1OCC1CC1. The van der Waals surface area contributed by atoms with E-state index in [1.54, 1.807) is 7.11 Å². The van der Waals surface area contributed by atoms with Gasteiger partial charge in [0.15, 0.2) is 11.5 Å². The van der Waals surface area contributed by atoms with Crippen molar-refractivity contribution < 1.29 is 9.47 Å². The molecule has 0 unspecified atom stereocenters. The zero-order chi connectivity index (χ0) is 14.9. The van der Waals surface area contributed by atoms with Crippen molar-refractivity contribution in [2.24, 2.45) is 11.7 Å². The summed E-state index contributed by atoms with van der Waals surface area (Å²) in [6, 6.07) is 4.19. The highest BCUT2D eigenvalue weighted by molar-refractivity contribution is 9.10. The first-order valence-corrected chi connectivity index (χ1v) is 8.69. The van der Waals surface area contributed by atoms with Gasteiger partial charge in [-0.1, -0.05) is 28.8 Å². The molecule has 0 atom stereocenters. The Labute approximate surface area is 135 Å². The fraction of sp³-hybridized carbons (Fsp3) is 0.647. The van der Waals surface area contributed by atoms with Crippen molar-refractivity contribution in [3.05, 3.63) is 22.2 Å². The van der Waals surface area contributed by atoms with Crippen LogP contribution >= 0.6 is 15.9 Å². The standard InChI is InChI=1S/C17H24BrNO2/c1-20-15-8-13(17(11-19)6-2-3-7-17)14(18)9-16(15)21-10-12-4-5-12/h8-9,12H,2-7,10-11,19H2,1H3. The quantitative estimate of drug-likeness (QED) is 0.839. The Morgan fingerprint density at radius 2 is 1.95 bits per heavy atom. The maximum absolute atomic E-state index is 6.11. The molecule has 0 saturated heterocycles. The highest BCUT2D eigenvalue weighted by atomic mass is 79.9. The Morgan fingerprint density at radius 3 is 2.52 bits per heavy atom. The van der Waals surface area contributed by atoms with Crippen molar-refractivity contribution in [1.82, 2.24) is 0 Å². The first-order chi connectivity index (χ1) is 10.2. The lowest BCUT2D eigenvalue weighted by Crippen LogP contribution is -2.32. The zero-order valence-electron chi connectivity index (χ0n) is 12.7. The molecule has 0 amide bonds. The summed E-state index contributed by atoms with van der Waals surface area (Å²) in [6.07, 6.45) is 7.41. The Bertz CT molecular complexity index is 508. The van der Waals surface area contributed by atoms with Crippen LogP contribution in [0.1, 0.15) is 44.1 Å². The highest BCUT2D eigenvalue weighted by Crippen LogP contribution is 2.46. The number of hydrogen-bond acceptors (Lipinski definition) is 3. The molecule has 1 aromatic rings. The lowest BCUT2D eigenvalue weighted by Gasteiger charge is -2.30. The van der Waals surface area contributed by atoms with Crippen LogP contribution in [0.25, 0.3) is 0 Å². The second-order valence-corrected chi connectivity index (χ2v) is 7.28. The predicted octanol–water partition coefficient (Wildman–Crippen LogP) is 4.02. The van der Waals surface area contributed by atoms with E-state index in [1.165, 1.54) is 31.2 Å². The van der Waals surface area contributed by atoms with E-state index in [0.717, 1.165) is 41.3 Å². The molecule has 4 heteroatoms. The summed E-state index contributed by atoms with van der Waals surface area (Å²) in [6.45, 7) is 1.49. The molecular formula is C17H24BrNO2. The van der Waals surface area contributed by atoms with Gasteiger partial charge in [0.25, 0.3) is 0 Å². The van der Waals surface area contributed by atoms with E-state index in [2.05, 4.69) is 28.1 Å². The van der Waals surface area contributed by atoms with Crippen LogP contribution in [0, 0.1) is 5.92 Å². The van der Waals surface area contributed by atoms with Crippen molar-refractivity contribution in [3.63, 3.8) is 0 Å². The maximum Gasteiger partial charge on any atom is 0.162 e. The van der Waals surface area contributed by atoms with Gasteiger partial charge in [0, 0.05) is 16.4 Å². The minimum Gasteiger partial charge on any atom is -0.493 e. The average Bonchev–Trinajstić information content (AvgIpc) is 3.21. The van der Waals surface area contributed by atoms with E-state index in [4.69, 9.17) is 15.2 Å². The van der Waals surface area contributed by atoms with Crippen LogP contribution in [-0.2, 0) is 5.41 Å². The van der Waals surface area contributed by atoms with Gasteiger partial charge in [-0.15, -0.1) is 0 Å². The fourth-order valence-corrected chi connectivity index (χ4v) is 4.08. The van der Waals surface area contributed by atoms with E-state index in [9.17, 15) is 0 Å². The van der Waals surface area contributed by atoms with Gasteiger partial charge in [-0.3, -0.25) is 0 Å². The van der Waals surface area contributed by atoms with Gasteiger partial charge in [0.1, 0.15) is 0 Å². The number of ether oxygens (including phenoxy) is 2. The van der Waals surface area contributed by atoms with E-state index in [-0.39, 0.29) is 5.41 Å². The summed E-state index contributed by atoms with van der Waals surface area (Å²) < 4.78 is 12.6. The molecule has 0 heterocycles. The molecule has 1 aromatic carbocycles. The molecule has 3 nitrogen and oxygen atoms in total. The van der Waals surface area contributed by atoms with E-state index < -0.39 is 0 Å². The highest BCUT2D eigenvalue weighted by Gasteiger charge is 2.36. The van der Waals surface area contributed by atoms with Gasteiger partial charge in [-0.05, 0) is 49.3 Å². The third-order valence-corrected chi connectivity index (χ3v) is 5.60. The first kappa shape index (κ1) is 15.2. The van der Waals surface area contributed by atoms with E-state index >= 15 is 0 Å². The molecule has 2 aliphatic rings. The summed E-state index contributed by atoms with van der Waals surface area (Å²) >= 11 is 3.73. The van der Waals surface area contributed by atoms with Crippen molar-refractivity contribution in [2.75, 3.05) is 20.3 Å². The van der Waals surface area contributed by atoms with Crippen molar-refractivity contribution in [3.8, 4) is 11.5 Å². The van der Waals surface area contributed by atoms with Crippen LogP contribution in [0.2, 0.25) is 0 Å².